The molecule has 3 N–H and O–H groups in total. The number of nitrogens with one attached hydrogen (secondary N) is 1. The van der Waals surface area contributed by atoms with E-state index in [1.54, 1.807) is 6.20 Å². The van der Waals surface area contributed by atoms with Gasteiger partial charge in [0.2, 0.25) is 0 Å². The Morgan fingerprint density at radius 2 is 1.88 bits per heavy atom. The average molecular weight is 348 g/mol. The van der Waals surface area contributed by atoms with Crippen molar-refractivity contribution in [1.82, 2.24) is 10.3 Å². The second-order valence-corrected chi connectivity index (χ2v) is 5.98. The Bertz CT molecular complexity index is 849. The van der Waals surface area contributed by atoms with Crippen LogP contribution < -0.4 is 15.8 Å². The second kappa shape index (κ2) is 9.42. The molecule has 0 saturated carbocycles. The van der Waals surface area contributed by atoms with Gasteiger partial charge in [0.25, 0.3) is 0 Å². The van der Waals surface area contributed by atoms with Crippen molar-refractivity contribution in [3.05, 3.63) is 72.6 Å². The van der Waals surface area contributed by atoms with Gasteiger partial charge in [-0.15, -0.1) is 0 Å². The van der Waals surface area contributed by atoms with Crippen molar-refractivity contribution in [2.45, 2.75) is 12.8 Å². The third-order valence-electron chi connectivity index (χ3n) is 3.99. The molecule has 0 atom stereocenters. The molecular formula is C21H24N4O. The number of aliphatic imine (C=N–C) groups is 1. The molecule has 3 rings (SSSR count). The van der Waals surface area contributed by atoms with Gasteiger partial charge in [0.05, 0.1) is 6.61 Å². The third kappa shape index (κ3) is 5.48. The van der Waals surface area contributed by atoms with Crippen LogP contribution in [0.1, 0.15) is 12.1 Å². The smallest absolute Gasteiger partial charge is 0.188 e. The standard InChI is InChI=1S/C21H24N4O/c22-21(25-14-11-19-8-3-4-12-23-19)24-13-5-15-26-20-10-9-17-6-1-2-7-18(17)16-20/h1-4,6-10,12,16H,5,11,13-15H2,(H3,22,24,25). The fourth-order valence-electron chi connectivity index (χ4n) is 2.63. The van der Waals surface area contributed by atoms with Gasteiger partial charge in [0.1, 0.15) is 5.75 Å². The molecule has 0 aliphatic rings. The summed E-state index contributed by atoms with van der Waals surface area (Å²) in [5.74, 6) is 1.35. The Morgan fingerprint density at radius 1 is 1.04 bits per heavy atom. The molecule has 0 bridgehead atoms. The number of guanidine groups is 1. The largest absolute Gasteiger partial charge is 0.494 e. The lowest BCUT2D eigenvalue weighted by molar-refractivity contribution is 0.314. The van der Waals surface area contributed by atoms with Crippen LogP contribution in [0.5, 0.6) is 5.75 Å². The molecule has 0 radical (unpaired) electrons. The fraction of sp³-hybridized carbons (Fsp3) is 0.238. The summed E-state index contributed by atoms with van der Waals surface area (Å²) in [7, 11) is 0. The van der Waals surface area contributed by atoms with E-state index in [1.807, 2.05) is 36.4 Å². The van der Waals surface area contributed by atoms with Gasteiger partial charge in [-0.3, -0.25) is 9.98 Å². The number of hydrogen-bond donors (Lipinski definition) is 2. The van der Waals surface area contributed by atoms with E-state index in [9.17, 15) is 0 Å². The van der Waals surface area contributed by atoms with E-state index in [2.05, 4.69) is 39.6 Å². The normalized spacial score (nSPS) is 11.5. The number of rotatable bonds is 8. The topological polar surface area (TPSA) is 72.5 Å². The zero-order chi connectivity index (χ0) is 18.0. The minimum absolute atomic E-state index is 0.464. The average Bonchev–Trinajstić information content (AvgIpc) is 2.68. The van der Waals surface area contributed by atoms with E-state index in [0.29, 0.717) is 19.1 Å². The van der Waals surface area contributed by atoms with E-state index in [0.717, 1.165) is 30.8 Å². The summed E-state index contributed by atoms with van der Waals surface area (Å²) < 4.78 is 5.80. The van der Waals surface area contributed by atoms with Gasteiger partial charge in [-0.1, -0.05) is 36.4 Å². The predicted molar refractivity (Wildman–Crippen MR) is 106 cm³/mol. The molecule has 5 heteroatoms. The van der Waals surface area contributed by atoms with Gasteiger partial charge in [-0.05, 0) is 35.0 Å². The zero-order valence-electron chi connectivity index (χ0n) is 14.8. The summed E-state index contributed by atoms with van der Waals surface area (Å²) >= 11 is 0. The van der Waals surface area contributed by atoms with Crippen LogP contribution in [-0.2, 0) is 6.42 Å². The molecular weight excluding hydrogens is 324 g/mol. The van der Waals surface area contributed by atoms with E-state index < -0.39 is 0 Å². The van der Waals surface area contributed by atoms with Gasteiger partial charge < -0.3 is 15.8 Å². The molecule has 5 nitrogen and oxygen atoms in total. The molecule has 0 aliphatic heterocycles. The van der Waals surface area contributed by atoms with Crippen molar-refractivity contribution in [1.29, 1.82) is 0 Å². The molecule has 134 valence electrons. The summed E-state index contributed by atoms with van der Waals surface area (Å²) in [5.41, 5.74) is 6.91. The van der Waals surface area contributed by atoms with Gasteiger partial charge in [-0.25, -0.2) is 0 Å². The number of benzene rings is 2. The molecule has 3 aromatic rings. The van der Waals surface area contributed by atoms with Crippen LogP contribution in [0.4, 0.5) is 0 Å². The number of nitrogens with zero attached hydrogens (tertiary/aromatic N) is 2. The quantitative estimate of drug-likeness (QED) is 0.373. The molecule has 0 aliphatic carbocycles. The van der Waals surface area contributed by atoms with Crippen molar-refractivity contribution in [3.8, 4) is 5.75 Å². The first-order valence-corrected chi connectivity index (χ1v) is 8.86. The Morgan fingerprint density at radius 3 is 2.73 bits per heavy atom. The summed E-state index contributed by atoms with van der Waals surface area (Å²) in [6.07, 6.45) is 3.43. The van der Waals surface area contributed by atoms with Crippen molar-refractivity contribution < 1.29 is 4.74 Å². The molecule has 0 unspecified atom stereocenters. The summed E-state index contributed by atoms with van der Waals surface area (Å²) in [5, 5.41) is 5.51. The lowest BCUT2D eigenvalue weighted by Crippen LogP contribution is -2.33. The van der Waals surface area contributed by atoms with Gasteiger partial charge in [0, 0.05) is 37.8 Å². The van der Waals surface area contributed by atoms with Crippen LogP contribution in [0, 0.1) is 0 Å². The Labute approximate surface area is 153 Å². The first-order chi connectivity index (χ1) is 12.8. The molecule has 2 aromatic carbocycles. The number of pyridine rings is 1. The maximum atomic E-state index is 5.87. The first-order valence-electron chi connectivity index (χ1n) is 8.86. The van der Waals surface area contributed by atoms with Crippen LogP contribution in [0.2, 0.25) is 0 Å². The first kappa shape index (κ1) is 17.7. The minimum Gasteiger partial charge on any atom is -0.494 e. The monoisotopic (exact) mass is 348 g/mol. The maximum Gasteiger partial charge on any atom is 0.188 e. The SMILES string of the molecule is NC(=NCCCOc1ccc2ccccc2c1)NCCc1ccccn1. The summed E-state index contributed by atoms with van der Waals surface area (Å²) in [6.45, 7) is 1.97. The van der Waals surface area contributed by atoms with E-state index in [-0.39, 0.29) is 0 Å². The molecule has 1 aromatic heterocycles. The highest BCUT2D eigenvalue weighted by molar-refractivity contribution is 5.83. The van der Waals surface area contributed by atoms with Crippen LogP contribution in [-0.4, -0.2) is 30.6 Å². The molecule has 1 heterocycles. The number of aromatic nitrogens is 1. The van der Waals surface area contributed by atoms with Crippen molar-refractivity contribution >= 4 is 16.7 Å². The highest BCUT2D eigenvalue weighted by Gasteiger charge is 1.98. The lowest BCUT2D eigenvalue weighted by atomic mass is 10.1. The Hall–Kier alpha value is -3.08. The molecule has 0 spiro atoms. The van der Waals surface area contributed by atoms with Gasteiger partial charge in [0.15, 0.2) is 5.96 Å². The van der Waals surface area contributed by atoms with E-state index in [4.69, 9.17) is 10.5 Å². The summed E-state index contributed by atoms with van der Waals surface area (Å²) in [6, 6.07) is 20.3. The number of hydrogen-bond acceptors (Lipinski definition) is 3. The maximum absolute atomic E-state index is 5.87. The summed E-state index contributed by atoms with van der Waals surface area (Å²) in [4.78, 5) is 8.59. The fourth-order valence-corrected chi connectivity index (χ4v) is 2.63. The Balaban J connectivity index is 1.34. The number of nitrogens with two attached hydrogens (primary N) is 1. The minimum atomic E-state index is 0.464. The van der Waals surface area contributed by atoms with E-state index in [1.165, 1.54) is 10.8 Å². The van der Waals surface area contributed by atoms with Crippen LogP contribution in [0.25, 0.3) is 10.8 Å². The van der Waals surface area contributed by atoms with Crippen LogP contribution >= 0.6 is 0 Å². The predicted octanol–water partition coefficient (Wildman–Crippen LogP) is 3.15. The van der Waals surface area contributed by atoms with Gasteiger partial charge in [-0.2, -0.15) is 0 Å². The van der Waals surface area contributed by atoms with Gasteiger partial charge >= 0.3 is 0 Å². The Kier molecular flexibility index (Phi) is 6.42. The molecule has 0 fully saturated rings. The number of fused-ring (bicyclic) bond motifs is 1. The van der Waals surface area contributed by atoms with E-state index >= 15 is 0 Å². The van der Waals surface area contributed by atoms with Crippen molar-refractivity contribution in [3.63, 3.8) is 0 Å². The third-order valence-corrected chi connectivity index (χ3v) is 3.99. The second-order valence-electron chi connectivity index (χ2n) is 5.98. The molecule has 26 heavy (non-hydrogen) atoms. The van der Waals surface area contributed by atoms with Crippen molar-refractivity contribution in [2.75, 3.05) is 19.7 Å². The number of ether oxygens (including phenoxy) is 1. The van der Waals surface area contributed by atoms with Crippen LogP contribution in [0.3, 0.4) is 0 Å². The molecule has 0 saturated heterocycles. The highest BCUT2D eigenvalue weighted by Crippen LogP contribution is 2.20. The zero-order valence-corrected chi connectivity index (χ0v) is 14.8. The highest BCUT2D eigenvalue weighted by atomic mass is 16.5. The van der Waals surface area contributed by atoms with Crippen molar-refractivity contribution in [2.24, 2.45) is 10.7 Å². The lowest BCUT2D eigenvalue weighted by Gasteiger charge is -2.07. The van der Waals surface area contributed by atoms with Crippen LogP contribution in [0.15, 0.2) is 71.9 Å². The molecule has 0 amide bonds.